The monoisotopic (exact) mass is 407 g/mol. The summed E-state index contributed by atoms with van der Waals surface area (Å²) in [6, 6.07) is 4.20. The summed E-state index contributed by atoms with van der Waals surface area (Å²) in [6.07, 6.45) is 2.04. The van der Waals surface area contributed by atoms with Gasteiger partial charge in [-0.25, -0.2) is 0 Å². The third-order valence-corrected chi connectivity index (χ3v) is 3.88. The molecular weight excluding hydrogens is 386 g/mol. The molecule has 0 aliphatic rings. The molecule has 5 heteroatoms. The Bertz CT molecular complexity index is 376. The van der Waals surface area contributed by atoms with Gasteiger partial charge in [-0.05, 0) is 69.4 Å². The topological polar surface area (TPSA) is 30.5 Å². The zero-order chi connectivity index (χ0) is 14.8. The predicted octanol–water partition coefficient (Wildman–Crippen LogP) is 4.52. The molecule has 0 aliphatic carbocycles. The maximum atomic E-state index is 5.80. The molecule has 20 heavy (non-hydrogen) atoms. The molecule has 0 heterocycles. The minimum Gasteiger partial charge on any atom is -0.491 e. The third-order valence-electron chi connectivity index (χ3n) is 2.70. The molecule has 114 valence electrons. The van der Waals surface area contributed by atoms with Gasteiger partial charge >= 0.3 is 0 Å². The molecule has 1 aromatic carbocycles. The minimum absolute atomic E-state index is 0.657. The van der Waals surface area contributed by atoms with Gasteiger partial charge in [0, 0.05) is 26.2 Å². The van der Waals surface area contributed by atoms with Crippen LogP contribution >= 0.6 is 31.9 Å². The van der Waals surface area contributed by atoms with Crippen LogP contribution in [0.15, 0.2) is 21.1 Å². The minimum atomic E-state index is 0.657. The molecule has 1 N–H and O–H groups in total. The number of hydrogen-bond acceptors (Lipinski definition) is 3. The van der Waals surface area contributed by atoms with Crippen molar-refractivity contribution >= 4 is 31.9 Å². The predicted molar refractivity (Wildman–Crippen MR) is 90.4 cm³/mol. The lowest BCUT2D eigenvalue weighted by Gasteiger charge is -2.12. The highest BCUT2D eigenvalue weighted by molar-refractivity contribution is 9.11. The smallest absolute Gasteiger partial charge is 0.147 e. The van der Waals surface area contributed by atoms with Crippen LogP contribution in [0, 0.1) is 0 Å². The van der Waals surface area contributed by atoms with E-state index in [9.17, 15) is 0 Å². The van der Waals surface area contributed by atoms with Crippen molar-refractivity contribution < 1.29 is 9.47 Å². The number of hydrogen-bond donors (Lipinski definition) is 1. The molecule has 0 bridgehead atoms. The molecule has 0 spiro atoms. The van der Waals surface area contributed by atoms with Crippen LogP contribution in [0.2, 0.25) is 0 Å². The summed E-state index contributed by atoms with van der Waals surface area (Å²) >= 11 is 7.15. The number of ether oxygens (including phenoxy) is 2. The Morgan fingerprint density at radius 1 is 1.10 bits per heavy atom. The number of halogens is 2. The maximum absolute atomic E-state index is 5.80. The van der Waals surface area contributed by atoms with Crippen molar-refractivity contribution in [3.63, 3.8) is 0 Å². The van der Waals surface area contributed by atoms with Gasteiger partial charge in [-0.2, -0.15) is 0 Å². The van der Waals surface area contributed by atoms with E-state index in [1.54, 1.807) is 0 Å². The normalized spacial score (nSPS) is 10.8. The van der Waals surface area contributed by atoms with Crippen molar-refractivity contribution in [2.75, 3.05) is 26.4 Å². The van der Waals surface area contributed by atoms with Crippen LogP contribution in [0.1, 0.15) is 32.3 Å². The van der Waals surface area contributed by atoms with Crippen molar-refractivity contribution in [2.45, 2.75) is 33.2 Å². The van der Waals surface area contributed by atoms with Crippen LogP contribution < -0.4 is 10.1 Å². The van der Waals surface area contributed by atoms with E-state index in [1.807, 2.05) is 6.92 Å². The Balaban J connectivity index is 2.51. The zero-order valence-corrected chi connectivity index (χ0v) is 15.3. The highest BCUT2D eigenvalue weighted by Gasteiger charge is 2.09. The molecule has 0 atom stereocenters. The second-order valence-electron chi connectivity index (χ2n) is 4.46. The Labute approximate surface area is 138 Å². The fourth-order valence-corrected chi connectivity index (χ4v) is 3.25. The van der Waals surface area contributed by atoms with E-state index in [0.717, 1.165) is 53.8 Å². The first-order valence-electron chi connectivity index (χ1n) is 7.08. The zero-order valence-electron chi connectivity index (χ0n) is 12.2. The van der Waals surface area contributed by atoms with Gasteiger partial charge < -0.3 is 14.8 Å². The van der Waals surface area contributed by atoms with E-state index in [2.05, 4.69) is 56.2 Å². The molecule has 0 aliphatic heterocycles. The summed E-state index contributed by atoms with van der Waals surface area (Å²) in [5, 5.41) is 3.39. The molecule has 0 amide bonds. The van der Waals surface area contributed by atoms with E-state index in [1.165, 1.54) is 5.56 Å². The van der Waals surface area contributed by atoms with E-state index >= 15 is 0 Å². The van der Waals surface area contributed by atoms with Gasteiger partial charge in [-0.3, -0.25) is 0 Å². The number of nitrogens with one attached hydrogen (secondary N) is 1. The second-order valence-corrected chi connectivity index (χ2v) is 6.17. The number of benzene rings is 1. The lowest BCUT2D eigenvalue weighted by atomic mass is 10.2. The second kappa shape index (κ2) is 10.6. The first-order chi connectivity index (χ1) is 9.69. The highest BCUT2D eigenvalue weighted by atomic mass is 79.9. The van der Waals surface area contributed by atoms with E-state index in [-0.39, 0.29) is 0 Å². The molecular formula is C15H23Br2NO2. The largest absolute Gasteiger partial charge is 0.491 e. The molecule has 0 aromatic heterocycles. The van der Waals surface area contributed by atoms with Crippen LogP contribution in [-0.4, -0.2) is 26.4 Å². The van der Waals surface area contributed by atoms with Crippen molar-refractivity contribution in [1.82, 2.24) is 5.32 Å². The van der Waals surface area contributed by atoms with Crippen LogP contribution in [0.5, 0.6) is 5.75 Å². The van der Waals surface area contributed by atoms with E-state index in [0.29, 0.717) is 6.61 Å². The average Bonchev–Trinajstić information content (AvgIpc) is 2.41. The molecule has 0 fully saturated rings. The highest BCUT2D eigenvalue weighted by Crippen LogP contribution is 2.34. The van der Waals surface area contributed by atoms with Crippen LogP contribution in [-0.2, 0) is 11.3 Å². The summed E-state index contributed by atoms with van der Waals surface area (Å²) in [6.45, 7) is 8.22. The van der Waals surface area contributed by atoms with Crippen LogP contribution in [0.25, 0.3) is 0 Å². The first kappa shape index (κ1) is 18.0. The summed E-state index contributed by atoms with van der Waals surface area (Å²) in [5.41, 5.74) is 1.24. The van der Waals surface area contributed by atoms with Gasteiger partial charge in [-0.15, -0.1) is 0 Å². The summed E-state index contributed by atoms with van der Waals surface area (Å²) in [5.74, 6) is 0.862. The van der Waals surface area contributed by atoms with Crippen molar-refractivity contribution in [3.8, 4) is 5.75 Å². The molecule has 0 radical (unpaired) electrons. The molecule has 0 saturated heterocycles. The summed E-state index contributed by atoms with van der Waals surface area (Å²) in [4.78, 5) is 0. The lowest BCUT2D eigenvalue weighted by molar-refractivity contribution is 0.130. The average molecular weight is 409 g/mol. The SMILES string of the molecule is CCCNCc1cc(Br)c(OCCCOCC)c(Br)c1. The molecule has 0 saturated carbocycles. The van der Waals surface area contributed by atoms with Gasteiger partial charge in [0.25, 0.3) is 0 Å². The van der Waals surface area contributed by atoms with E-state index < -0.39 is 0 Å². The van der Waals surface area contributed by atoms with Gasteiger partial charge in [0.1, 0.15) is 5.75 Å². The van der Waals surface area contributed by atoms with Crippen molar-refractivity contribution in [3.05, 3.63) is 26.6 Å². The Kier molecular flexibility index (Phi) is 9.52. The molecule has 1 rings (SSSR count). The lowest BCUT2D eigenvalue weighted by Crippen LogP contribution is -2.13. The van der Waals surface area contributed by atoms with Gasteiger partial charge in [-0.1, -0.05) is 6.92 Å². The Morgan fingerprint density at radius 3 is 2.40 bits per heavy atom. The summed E-state index contributed by atoms with van der Waals surface area (Å²) < 4.78 is 13.1. The quantitative estimate of drug-likeness (QED) is 0.577. The van der Waals surface area contributed by atoms with Crippen LogP contribution in [0.4, 0.5) is 0 Å². The van der Waals surface area contributed by atoms with E-state index in [4.69, 9.17) is 9.47 Å². The third kappa shape index (κ3) is 6.57. The fourth-order valence-electron chi connectivity index (χ4n) is 1.74. The molecule has 0 unspecified atom stereocenters. The van der Waals surface area contributed by atoms with Gasteiger partial charge in [0.05, 0.1) is 15.6 Å². The summed E-state index contributed by atoms with van der Waals surface area (Å²) in [7, 11) is 0. The van der Waals surface area contributed by atoms with Crippen molar-refractivity contribution in [1.29, 1.82) is 0 Å². The molecule has 1 aromatic rings. The fraction of sp³-hybridized carbons (Fsp3) is 0.600. The first-order valence-corrected chi connectivity index (χ1v) is 8.66. The van der Waals surface area contributed by atoms with Gasteiger partial charge in [0.15, 0.2) is 0 Å². The standard InChI is InChI=1S/C15H23Br2NO2/c1-3-6-18-11-12-9-13(16)15(14(17)10-12)20-8-5-7-19-4-2/h9-10,18H,3-8,11H2,1-2H3. The van der Waals surface area contributed by atoms with Crippen LogP contribution in [0.3, 0.4) is 0 Å². The van der Waals surface area contributed by atoms with Gasteiger partial charge in [0.2, 0.25) is 0 Å². The Hall–Kier alpha value is -0.100. The maximum Gasteiger partial charge on any atom is 0.147 e. The molecule has 3 nitrogen and oxygen atoms in total. The Morgan fingerprint density at radius 2 is 1.80 bits per heavy atom. The number of rotatable bonds is 10. The van der Waals surface area contributed by atoms with Crippen molar-refractivity contribution in [2.24, 2.45) is 0 Å².